The molecule has 8 heteroatoms. The largest absolute Gasteiger partial charge is 0.419 e. The molecule has 1 aromatic carbocycles. The zero-order valence-corrected chi connectivity index (χ0v) is 11.9. The molecule has 3 rings (SSSR count). The second kappa shape index (κ2) is 5.06. The number of esters is 2. The third-order valence-electron chi connectivity index (χ3n) is 2.92. The van der Waals surface area contributed by atoms with Crippen LogP contribution in [-0.4, -0.2) is 38.3 Å². The maximum absolute atomic E-state index is 11.9. The van der Waals surface area contributed by atoms with Crippen LogP contribution in [0.25, 0.3) is 17.5 Å². The van der Waals surface area contributed by atoms with Gasteiger partial charge in [0.25, 0.3) is 5.79 Å². The van der Waals surface area contributed by atoms with Crippen LogP contribution >= 0.6 is 0 Å². The van der Waals surface area contributed by atoms with Crippen molar-refractivity contribution in [1.82, 2.24) is 20.6 Å². The zero-order valence-electron chi connectivity index (χ0n) is 11.9. The second-order valence-corrected chi connectivity index (χ2v) is 5.10. The van der Waals surface area contributed by atoms with Crippen LogP contribution in [0.4, 0.5) is 0 Å². The number of aromatic nitrogens is 4. The number of hydrogen-bond acceptors (Lipinski definition) is 7. The lowest BCUT2D eigenvalue weighted by atomic mass is 10.1. The molecular formula is C14H12N4O4. The predicted molar refractivity (Wildman–Crippen MR) is 73.9 cm³/mol. The third-order valence-corrected chi connectivity index (χ3v) is 2.92. The molecular weight excluding hydrogens is 288 g/mol. The molecule has 1 aliphatic rings. The van der Waals surface area contributed by atoms with E-state index in [0.717, 1.165) is 0 Å². The third kappa shape index (κ3) is 2.71. The highest BCUT2D eigenvalue weighted by Gasteiger charge is 2.38. The van der Waals surface area contributed by atoms with Gasteiger partial charge in [0.2, 0.25) is 5.82 Å². The number of benzene rings is 1. The quantitative estimate of drug-likeness (QED) is 0.502. The lowest BCUT2D eigenvalue weighted by molar-refractivity contribution is -0.222. The molecule has 2 aromatic rings. The Morgan fingerprint density at radius 3 is 2.55 bits per heavy atom. The molecule has 22 heavy (non-hydrogen) atoms. The van der Waals surface area contributed by atoms with Crippen LogP contribution in [0, 0.1) is 0 Å². The van der Waals surface area contributed by atoms with Crippen LogP contribution in [0.1, 0.15) is 19.4 Å². The van der Waals surface area contributed by atoms with E-state index in [0.29, 0.717) is 17.0 Å². The molecule has 8 nitrogen and oxygen atoms in total. The van der Waals surface area contributed by atoms with Crippen molar-refractivity contribution in [3.8, 4) is 11.4 Å². The van der Waals surface area contributed by atoms with Gasteiger partial charge < -0.3 is 9.47 Å². The molecule has 0 spiro atoms. The fraction of sp³-hybridized carbons (Fsp3) is 0.214. The van der Waals surface area contributed by atoms with Crippen molar-refractivity contribution in [2.24, 2.45) is 0 Å². The Hall–Kier alpha value is -3.03. The summed E-state index contributed by atoms with van der Waals surface area (Å²) in [7, 11) is 0. The molecule has 1 aromatic heterocycles. The number of tetrazole rings is 1. The molecule has 2 heterocycles. The van der Waals surface area contributed by atoms with Gasteiger partial charge in [0, 0.05) is 19.4 Å². The van der Waals surface area contributed by atoms with E-state index in [1.54, 1.807) is 24.3 Å². The first kappa shape index (κ1) is 13.9. The molecule has 0 amide bonds. The number of aromatic amines is 1. The smallest absolute Gasteiger partial charge is 0.348 e. The number of hydrogen-bond donors (Lipinski definition) is 1. The minimum atomic E-state index is -1.25. The van der Waals surface area contributed by atoms with Crippen LogP contribution < -0.4 is 0 Å². The first-order valence-corrected chi connectivity index (χ1v) is 6.47. The molecule has 112 valence electrons. The van der Waals surface area contributed by atoms with E-state index in [4.69, 9.17) is 9.47 Å². The molecule has 1 aliphatic heterocycles. The number of cyclic esters (lactones) is 2. The predicted octanol–water partition coefficient (Wildman–Crippen LogP) is 1.09. The number of carbonyl (C=O) groups is 2. The summed E-state index contributed by atoms with van der Waals surface area (Å²) in [5, 5.41) is 13.6. The van der Waals surface area contributed by atoms with E-state index in [-0.39, 0.29) is 5.57 Å². The molecule has 0 unspecified atom stereocenters. The van der Waals surface area contributed by atoms with Crippen LogP contribution in [0.3, 0.4) is 0 Å². The van der Waals surface area contributed by atoms with Crippen molar-refractivity contribution in [1.29, 1.82) is 0 Å². The van der Waals surface area contributed by atoms with Crippen LogP contribution in [0.2, 0.25) is 0 Å². The summed E-state index contributed by atoms with van der Waals surface area (Å²) in [5.41, 5.74) is 1.15. The number of H-pyrrole nitrogens is 1. The maximum Gasteiger partial charge on any atom is 0.348 e. The number of ether oxygens (including phenoxy) is 2. The fourth-order valence-electron chi connectivity index (χ4n) is 2.00. The van der Waals surface area contributed by atoms with Gasteiger partial charge >= 0.3 is 11.9 Å². The molecule has 0 radical (unpaired) electrons. The van der Waals surface area contributed by atoms with E-state index in [1.807, 2.05) is 0 Å². The summed E-state index contributed by atoms with van der Waals surface area (Å²) in [6.45, 7) is 2.99. The Labute approximate surface area is 125 Å². The highest BCUT2D eigenvalue weighted by Crippen LogP contribution is 2.25. The van der Waals surface area contributed by atoms with Crippen molar-refractivity contribution in [3.63, 3.8) is 0 Å². The highest BCUT2D eigenvalue weighted by molar-refractivity contribution is 6.18. The van der Waals surface area contributed by atoms with Crippen molar-refractivity contribution >= 4 is 18.0 Å². The van der Waals surface area contributed by atoms with Gasteiger partial charge in [0.15, 0.2) is 0 Å². The van der Waals surface area contributed by atoms with Gasteiger partial charge in [-0.15, -0.1) is 10.2 Å². The Bertz CT molecular complexity index is 743. The van der Waals surface area contributed by atoms with Gasteiger partial charge in [-0.1, -0.05) is 18.2 Å². The first-order chi connectivity index (χ1) is 10.4. The summed E-state index contributed by atoms with van der Waals surface area (Å²) in [5.74, 6) is -2.27. The van der Waals surface area contributed by atoms with Crippen molar-refractivity contribution in [2.75, 3.05) is 0 Å². The molecule has 0 atom stereocenters. The van der Waals surface area contributed by atoms with Gasteiger partial charge in [-0.25, -0.2) is 9.59 Å². The summed E-state index contributed by atoms with van der Waals surface area (Å²) in [4.78, 5) is 23.8. The van der Waals surface area contributed by atoms with Gasteiger partial charge in [-0.2, -0.15) is 5.21 Å². The average Bonchev–Trinajstić information content (AvgIpc) is 2.96. The number of rotatable bonds is 2. The summed E-state index contributed by atoms with van der Waals surface area (Å²) < 4.78 is 10.1. The lowest BCUT2D eigenvalue weighted by Gasteiger charge is -2.29. The minimum absolute atomic E-state index is 0.162. The molecule has 1 N–H and O–H groups in total. The normalized spacial score (nSPS) is 16.9. The van der Waals surface area contributed by atoms with Crippen LogP contribution in [0.5, 0.6) is 0 Å². The average molecular weight is 300 g/mol. The Kier molecular flexibility index (Phi) is 3.21. The number of nitrogens with one attached hydrogen (secondary N) is 1. The van der Waals surface area contributed by atoms with Gasteiger partial charge in [0.05, 0.1) is 0 Å². The Balaban J connectivity index is 1.94. The summed E-state index contributed by atoms with van der Waals surface area (Å²) in [6.07, 6.45) is 1.41. The molecule has 1 fully saturated rings. The van der Waals surface area contributed by atoms with E-state index in [1.165, 1.54) is 19.9 Å². The lowest BCUT2D eigenvalue weighted by Crippen LogP contribution is -2.41. The van der Waals surface area contributed by atoms with Gasteiger partial charge in [-0.3, -0.25) is 0 Å². The van der Waals surface area contributed by atoms with E-state index in [9.17, 15) is 9.59 Å². The van der Waals surface area contributed by atoms with E-state index in [2.05, 4.69) is 20.6 Å². The van der Waals surface area contributed by atoms with Crippen LogP contribution in [-0.2, 0) is 19.1 Å². The number of nitrogens with zero attached hydrogens (tertiary/aromatic N) is 3. The maximum atomic E-state index is 11.9. The monoisotopic (exact) mass is 300 g/mol. The zero-order chi connectivity index (χ0) is 15.7. The van der Waals surface area contributed by atoms with Gasteiger partial charge in [-0.05, 0) is 22.9 Å². The van der Waals surface area contributed by atoms with Crippen molar-refractivity contribution in [2.45, 2.75) is 19.6 Å². The first-order valence-electron chi connectivity index (χ1n) is 6.47. The highest BCUT2D eigenvalue weighted by atomic mass is 16.7. The molecule has 0 saturated carbocycles. The van der Waals surface area contributed by atoms with Crippen LogP contribution in [0.15, 0.2) is 29.8 Å². The topological polar surface area (TPSA) is 107 Å². The SMILES string of the molecule is CC1(C)OC(=O)C(=Cc2cccc(-c3nn[nH]n3)c2)C(=O)O1. The Morgan fingerprint density at radius 2 is 1.91 bits per heavy atom. The minimum Gasteiger partial charge on any atom is -0.419 e. The summed E-state index contributed by atoms with van der Waals surface area (Å²) in [6, 6.07) is 6.99. The van der Waals surface area contributed by atoms with E-state index < -0.39 is 17.7 Å². The molecule has 0 bridgehead atoms. The molecule has 1 saturated heterocycles. The molecule has 0 aliphatic carbocycles. The van der Waals surface area contributed by atoms with E-state index >= 15 is 0 Å². The summed E-state index contributed by atoms with van der Waals surface area (Å²) >= 11 is 0. The fourth-order valence-corrected chi connectivity index (χ4v) is 2.00. The Morgan fingerprint density at radius 1 is 1.18 bits per heavy atom. The standard InChI is InChI=1S/C14H12N4O4/c1-14(2)21-12(19)10(13(20)22-14)7-8-4-3-5-9(6-8)11-15-17-18-16-11/h3-7H,1-2H3,(H,15,16,17,18). The van der Waals surface area contributed by atoms with Gasteiger partial charge in [0.1, 0.15) is 5.57 Å². The second-order valence-electron chi connectivity index (χ2n) is 5.10. The van der Waals surface area contributed by atoms with Crippen molar-refractivity contribution < 1.29 is 19.1 Å². The van der Waals surface area contributed by atoms with Crippen molar-refractivity contribution in [3.05, 3.63) is 35.4 Å². The number of carbonyl (C=O) groups excluding carboxylic acids is 2.